The lowest BCUT2D eigenvalue weighted by molar-refractivity contribution is -0.140. The fourth-order valence-corrected chi connectivity index (χ4v) is 2.62. The van der Waals surface area contributed by atoms with Crippen LogP contribution >= 0.6 is 0 Å². The molecule has 0 spiro atoms. The van der Waals surface area contributed by atoms with Crippen LogP contribution < -0.4 is 0 Å². The van der Waals surface area contributed by atoms with Gasteiger partial charge in [-0.2, -0.15) is 0 Å². The van der Waals surface area contributed by atoms with Crippen LogP contribution in [-0.4, -0.2) is 22.0 Å². The van der Waals surface area contributed by atoms with Gasteiger partial charge in [0.15, 0.2) is 0 Å². The number of carbonyl (C=O) groups is 1. The van der Waals surface area contributed by atoms with Crippen molar-refractivity contribution >= 4 is 11.7 Å². The van der Waals surface area contributed by atoms with Gasteiger partial charge in [0, 0.05) is 5.56 Å². The number of fused-ring (bicyclic) bond motifs is 1. The first-order valence-corrected chi connectivity index (χ1v) is 5.75. The highest BCUT2D eigenvalue weighted by Gasteiger charge is 2.51. The highest BCUT2D eigenvalue weighted by Crippen LogP contribution is 2.49. The monoisotopic (exact) mass is 231 g/mol. The summed E-state index contributed by atoms with van der Waals surface area (Å²) in [6.45, 7) is 0. The molecular formula is C13H13NO3. The first-order valence-electron chi connectivity index (χ1n) is 5.75. The van der Waals surface area contributed by atoms with Crippen molar-refractivity contribution in [3.8, 4) is 0 Å². The molecule has 0 bridgehead atoms. The molecule has 0 aliphatic heterocycles. The van der Waals surface area contributed by atoms with E-state index in [9.17, 15) is 9.90 Å². The molecule has 1 saturated carbocycles. The van der Waals surface area contributed by atoms with Gasteiger partial charge < -0.3 is 10.3 Å². The summed E-state index contributed by atoms with van der Waals surface area (Å²) in [6.07, 6.45) is 3.01. The van der Waals surface area contributed by atoms with E-state index in [1.54, 1.807) is 0 Å². The van der Waals surface area contributed by atoms with Crippen molar-refractivity contribution in [3.63, 3.8) is 0 Å². The number of aliphatic carboxylic acids is 1. The predicted molar refractivity (Wildman–Crippen MR) is 61.6 cm³/mol. The van der Waals surface area contributed by atoms with Crippen molar-refractivity contribution < 1.29 is 15.1 Å². The Morgan fingerprint density at radius 3 is 2.65 bits per heavy atom. The minimum absolute atomic E-state index is 0.645. The van der Waals surface area contributed by atoms with Crippen molar-refractivity contribution in [3.05, 3.63) is 34.9 Å². The second-order valence-electron chi connectivity index (χ2n) is 4.81. The summed E-state index contributed by atoms with van der Waals surface area (Å²) in [5.41, 5.74) is 3.00. The Morgan fingerprint density at radius 1 is 1.29 bits per heavy atom. The molecule has 0 heterocycles. The van der Waals surface area contributed by atoms with Crippen LogP contribution in [-0.2, 0) is 16.6 Å². The zero-order valence-corrected chi connectivity index (χ0v) is 9.31. The van der Waals surface area contributed by atoms with Crippen LogP contribution in [0.5, 0.6) is 0 Å². The summed E-state index contributed by atoms with van der Waals surface area (Å²) in [6, 6.07) is 5.71. The van der Waals surface area contributed by atoms with E-state index in [2.05, 4.69) is 5.16 Å². The first kappa shape index (κ1) is 10.3. The third-order valence-electron chi connectivity index (χ3n) is 3.88. The minimum Gasteiger partial charge on any atom is -0.481 e. The van der Waals surface area contributed by atoms with Crippen LogP contribution in [0.4, 0.5) is 0 Å². The van der Waals surface area contributed by atoms with Crippen molar-refractivity contribution in [1.29, 1.82) is 0 Å². The van der Waals surface area contributed by atoms with E-state index in [4.69, 9.17) is 5.21 Å². The van der Waals surface area contributed by atoms with E-state index in [-0.39, 0.29) is 0 Å². The molecule has 0 radical (unpaired) electrons. The molecule has 17 heavy (non-hydrogen) atoms. The average Bonchev–Trinajstić information content (AvgIpc) is 3.04. The van der Waals surface area contributed by atoms with Gasteiger partial charge in [-0.25, -0.2) is 0 Å². The Labute approximate surface area is 98.6 Å². The maximum Gasteiger partial charge on any atom is 0.314 e. The standard InChI is InChI=1S/C13H13NO3/c15-12(16)13(5-6-13)9-2-3-10-8(7-9)1-4-11(10)14-17/h2-3,7,17H,1,4-6H2,(H,15,16). The van der Waals surface area contributed by atoms with E-state index < -0.39 is 11.4 Å². The maximum absolute atomic E-state index is 11.2. The maximum atomic E-state index is 11.2. The summed E-state index contributed by atoms with van der Waals surface area (Å²) < 4.78 is 0. The van der Waals surface area contributed by atoms with Crippen LogP contribution in [0.2, 0.25) is 0 Å². The lowest BCUT2D eigenvalue weighted by atomic mass is 9.93. The zero-order valence-electron chi connectivity index (χ0n) is 9.31. The Bertz CT molecular complexity index is 529. The minimum atomic E-state index is -0.730. The molecule has 4 nitrogen and oxygen atoms in total. The normalized spacial score (nSPS) is 22.5. The number of carboxylic acid groups (broad SMARTS) is 1. The van der Waals surface area contributed by atoms with Crippen molar-refractivity contribution in [2.75, 3.05) is 0 Å². The summed E-state index contributed by atoms with van der Waals surface area (Å²) in [5, 5.41) is 21.3. The largest absolute Gasteiger partial charge is 0.481 e. The molecular weight excluding hydrogens is 218 g/mol. The number of rotatable bonds is 2. The average molecular weight is 231 g/mol. The van der Waals surface area contributed by atoms with Gasteiger partial charge in [-0.1, -0.05) is 23.4 Å². The number of aryl methyl sites for hydroxylation is 1. The smallest absolute Gasteiger partial charge is 0.314 e. The number of nitrogens with zero attached hydrogens (tertiary/aromatic N) is 1. The van der Waals surface area contributed by atoms with E-state index >= 15 is 0 Å². The predicted octanol–water partition coefficient (Wildman–Crippen LogP) is 1.93. The molecule has 3 rings (SSSR count). The number of hydrogen-bond acceptors (Lipinski definition) is 3. The van der Waals surface area contributed by atoms with Crippen LogP contribution in [0.25, 0.3) is 0 Å². The van der Waals surface area contributed by atoms with Gasteiger partial charge in [-0.3, -0.25) is 4.79 Å². The van der Waals surface area contributed by atoms with Crippen LogP contribution in [0.15, 0.2) is 23.4 Å². The SMILES string of the molecule is O=C(O)C1(c2ccc3c(c2)CCC3=NO)CC1. The number of carboxylic acids is 1. The van der Waals surface area contributed by atoms with Gasteiger partial charge in [0.05, 0.1) is 11.1 Å². The molecule has 1 fully saturated rings. The van der Waals surface area contributed by atoms with Gasteiger partial charge in [0.25, 0.3) is 0 Å². The third kappa shape index (κ3) is 1.37. The molecule has 88 valence electrons. The second kappa shape index (κ2) is 3.32. The van der Waals surface area contributed by atoms with E-state index in [1.807, 2.05) is 18.2 Å². The van der Waals surface area contributed by atoms with E-state index in [1.165, 1.54) is 0 Å². The highest BCUT2D eigenvalue weighted by molar-refractivity contribution is 6.04. The summed E-state index contributed by atoms with van der Waals surface area (Å²) >= 11 is 0. The van der Waals surface area contributed by atoms with E-state index in [0.29, 0.717) is 5.71 Å². The molecule has 2 N–H and O–H groups in total. The molecule has 0 saturated heterocycles. The van der Waals surface area contributed by atoms with Gasteiger partial charge in [-0.05, 0) is 36.8 Å². The zero-order chi connectivity index (χ0) is 12.0. The van der Waals surface area contributed by atoms with Gasteiger partial charge in [0.1, 0.15) is 0 Å². The number of hydrogen-bond donors (Lipinski definition) is 2. The fourth-order valence-electron chi connectivity index (χ4n) is 2.62. The summed E-state index contributed by atoms with van der Waals surface area (Å²) in [7, 11) is 0. The summed E-state index contributed by atoms with van der Waals surface area (Å²) in [4.78, 5) is 11.2. The Kier molecular flexibility index (Phi) is 2.02. The Hall–Kier alpha value is -1.84. The van der Waals surface area contributed by atoms with E-state index in [0.717, 1.165) is 42.4 Å². The highest BCUT2D eigenvalue weighted by atomic mass is 16.4. The molecule has 0 atom stereocenters. The third-order valence-corrected chi connectivity index (χ3v) is 3.88. The lowest BCUT2D eigenvalue weighted by Gasteiger charge is -2.11. The van der Waals surface area contributed by atoms with Gasteiger partial charge in [0.2, 0.25) is 0 Å². The van der Waals surface area contributed by atoms with Crippen LogP contribution in [0.3, 0.4) is 0 Å². The molecule has 1 aromatic carbocycles. The Balaban J connectivity index is 2.04. The molecule has 4 heteroatoms. The topological polar surface area (TPSA) is 69.9 Å². The van der Waals surface area contributed by atoms with Gasteiger partial charge >= 0.3 is 5.97 Å². The van der Waals surface area contributed by atoms with Crippen molar-refractivity contribution in [2.24, 2.45) is 5.16 Å². The van der Waals surface area contributed by atoms with Crippen LogP contribution in [0, 0.1) is 0 Å². The number of benzene rings is 1. The molecule has 0 unspecified atom stereocenters. The molecule has 0 amide bonds. The fraction of sp³-hybridized carbons (Fsp3) is 0.385. The molecule has 2 aliphatic rings. The number of oxime groups is 1. The second-order valence-corrected chi connectivity index (χ2v) is 4.81. The molecule has 2 aliphatic carbocycles. The van der Waals surface area contributed by atoms with Crippen LogP contribution in [0.1, 0.15) is 36.0 Å². The summed E-state index contributed by atoms with van der Waals surface area (Å²) in [5.74, 6) is -0.730. The molecule has 1 aromatic rings. The Morgan fingerprint density at radius 2 is 2.06 bits per heavy atom. The first-order chi connectivity index (χ1) is 8.17. The van der Waals surface area contributed by atoms with Gasteiger partial charge in [-0.15, -0.1) is 0 Å². The lowest BCUT2D eigenvalue weighted by Crippen LogP contribution is -2.19. The van der Waals surface area contributed by atoms with Crippen molar-refractivity contribution in [2.45, 2.75) is 31.1 Å². The molecule has 0 aromatic heterocycles. The quantitative estimate of drug-likeness (QED) is 0.603. The van der Waals surface area contributed by atoms with Crippen molar-refractivity contribution in [1.82, 2.24) is 0 Å².